The van der Waals surface area contributed by atoms with Gasteiger partial charge >= 0.3 is 0 Å². The highest BCUT2D eigenvalue weighted by molar-refractivity contribution is 5.42. The van der Waals surface area contributed by atoms with Crippen molar-refractivity contribution < 1.29 is 14.9 Å². The fourth-order valence-corrected chi connectivity index (χ4v) is 3.76. The summed E-state index contributed by atoms with van der Waals surface area (Å²) < 4.78 is 5.20. The van der Waals surface area contributed by atoms with E-state index in [9.17, 15) is 10.2 Å². The Labute approximate surface area is 126 Å². The van der Waals surface area contributed by atoms with Crippen LogP contribution in [-0.2, 0) is 4.74 Å². The van der Waals surface area contributed by atoms with Crippen LogP contribution in [-0.4, -0.2) is 30.0 Å². The molecule has 0 bridgehead atoms. The van der Waals surface area contributed by atoms with Crippen molar-refractivity contribution in [2.24, 2.45) is 11.8 Å². The predicted octanol–water partition coefficient (Wildman–Crippen LogP) is 3.44. The third-order valence-corrected chi connectivity index (χ3v) is 4.93. The van der Waals surface area contributed by atoms with E-state index in [1.807, 2.05) is 0 Å². The van der Waals surface area contributed by atoms with Crippen LogP contribution in [0, 0.1) is 11.8 Å². The third kappa shape index (κ3) is 2.72. The SMILES string of the molecule is COCC1=C(O)C(C)CC(C2C=CC3=C(CCC3O)C2)=C1. The smallest absolute Gasteiger partial charge is 0.101 e. The van der Waals surface area contributed by atoms with Crippen LogP contribution < -0.4 is 0 Å². The Bertz CT molecular complexity index is 551. The summed E-state index contributed by atoms with van der Waals surface area (Å²) in [6, 6.07) is 0. The van der Waals surface area contributed by atoms with E-state index in [2.05, 4.69) is 25.2 Å². The molecule has 0 spiro atoms. The van der Waals surface area contributed by atoms with Crippen molar-refractivity contribution in [2.75, 3.05) is 13.7 Å². The highest BCUT2D eigenvalue weighted by Crippen LogP contribution is 2.41. The maximum Gasteiger partial charge on any atom is 0.101 e. The Morgan fingerprint density at radius 3 is 2.90 bits per heavy atom. The molecule has 2 N–H and O–H groups in total. The first-order chi connectivity index (χ1) is 10.1. The normalized spacial score (nSPS) is 32.5. The standard InChI is InChI=1S/C18H24O3/c1-11-7-14(9-15(10-21-2)18(11)20)12-3-5-16-13(8-12)4-6-17(16)19/h3,5,9,11-12,17,19-20H,4,6-8,10H2,1-2H3. The summed E-state index contributed by atoms with van der Waals surface area (Å²) in [6.07, 6.45) is 10.00. The molecule has 0 saturated heterocycles. The summed E-state index contributed by atoms with van der Waals surface area (Å²) >= 11 is 0. The van der Waals surface area contributed by atoms with Gasteiger partial charge in [-0.3, -0.25) is 0 Å². The average Bonchev–Trinajstić information content (AvgIpc) is 2.85. The second-order valence-electron chi connectivity index (χ2n) is 6.45. The number of allylic oxidation sites excluding steroid dienone is 4. The van der Waals surface area contributed by atoms with Crippen LogP contribution in [0.1, 0.15) is 32.6 Å². The van der Waals surface area contributed by atoms with Gasteiger partial charge in [0.25, 0.3) is 0 Å². The summed E-state index contributed by atoms with van der Waals surface area (Å²) in [5.74, 6) is 1.03. The van der Waals surface area contributed by atoms with E-state index in [0.29, 0.717) is 18.3 Å². The lowest BCUT2D eigenvalue weighted by atomic mass is 9.78. The molecule has 0 radical (unpaired) electrons. The summed E-state index contributed by atoms with van der Waals surface area (Å²) in [5, 5.41) is 20.1. The van der Waals surface area contributed by atoms with Gasteiger partial charge in [0.05, 0.1) is 12.7 Å². The van der Waals surface area contributed by atoms with Gasteiger partial charge in [0.15, 0.2) is 0 Å². The molecule has 114 valence electrons. The fraction of sp³-hybridized carbons (Fsp3) is 0.556. The van der Waals surface area contributed by atoms with Gasteiger partial charge in [-0.15, -0.1) is 0 Å². The molecule has 3 nitrogen and oxygen atoms in total. The highest BCUT2D eigenvalue weighted by Gasteiger charge is 2.30. The van der Waals surface area contributed by atoms with Crippen LogP contribution >= 0.6 is 0 Å². The Balaban J connectivity index is 1.81. The highest BCUT2D eigenvalue weighted by atomic mass is 16.5. The van der Waals surface area contributed by atoms with Gasteiger partial charge < -0.3 is 14.9 Å². The zero-order chi connectivity index (χ0) is 15.0. The molecule has 0 saturated carbocycles. The summed E-state index contributed by atoms with van der Waals surface area (Å²) in [7, 11) is 1.66. The van der Waals surface area contributed by atoms with Crippen LogP contribution in [0.4, 0.5) is 0 Å². The first kappa shape index (κ1) is 14.6. The number of ether oxygens (including phenoxy) is 1. The first-order valence-electron chi connectivity index (χ1n) is 7.79. The van der Waals surface area contributed by atoms with Gasteiger partial charge in [0.1, 0.15) is 5.76 Å². The predicted molar refractivity (Wildman–Crippen MR) is 82.9 cm³/mol. The lowest BCUT2D eigenvalue weighted by molar-refractivity contribution is 0.215. The van der Waals surface area contributed by atoms with E-state index in [-0.39, 0.29) is 12.0 Å². The lowest BCUT2D eigenvalue weighted by Crippen LogP contribution is -2.17. The summed E-state index contributed by atoms with van der Waals surface area (Å²) in [4.78, 5) is 0. The Morgan fingerprint density at radius 2 is 2.14 bits per heavy atom. The average molecular weight is 288 g/mol. The number of hydrogen-bond acceptors (Lipinski definition) is 3. The minimum absolute atomic E-state index is 0.160. The molecular weight excluding hydrogens is 264 g/mol. The molecule has 0 aromatic carbocycles. The second-order valence-corrected chi connectivity index (χ2v) is 6.45. The van der Waals surface area contributed by atoms with Crippen LogP contribution in [0.25, 0.3) is 0 Å². The van der Waals surface area contributed by atoms with Crippen LogP contribution in [0.3, 0.4) is 0 Å². The molecule has 0 aromatic heterocycles. The zero-order valence-electron chi connectivity index (χ0n) is 12.8. The van der Waals surface area contributed by atoms with Crippen LogP contribution in [0.15, 0.2) is 46.3 Å². The fourth-order valence-electron chi connectivity index (χ4n) is 3.76. The third-order valence-electron chi connectivity index (χ3n) is 4.93. The number of methoxy groups -OCH3 is 1. The maximum absolute atomic E-state index is 10.2. The van der Waals surface area contributed by atoms with Crippen molar-refractivity contribution in [3.8, 4) is 0 Å². The molecule has 0 amide bonds. The minimum atomic E-state index is -0.260. The quantitative estimate of drug-likeness (QED) is 0.836. The number of hydrogen-bond donors (Lipinski definition) is 2. The number of aliphatic hydroxyl groups excluding tert-OH is 2. The molecule has 0 heterocycles. The summed E-state index contributed by atoms with van der Waals surface area (Å²) in [6.45, 7) is 2.53. The Kier molecular flexibility index (Phi) is 4.05. The largest absolute Gasteiger partial charge is 0.512 e. The lowest BCUT2D eigenvalue weighted by Gasteiger charge is -2.28. The molecule has 0 aromatic rings. The second kappa shape index (κ2) is 5.82. The Morgan fingerprint density at radius 1 is 1.33 bits per heavy atom. The minimum Gasteiger partial charge on any atom is -0.512 e. The molecule has 21 heavy (non-hydrogen) atoms. The van der Waals surface area contributed by atoms with Gasteiger partial charge in [-0.25, -0.2) is 0 Å². The maximum atomic E-state index is 10.2. The molecular formula is C18H24O3. The van der Waals surface area contributed by atoms with Crippen molar-refractivity contribution in [3.05, 3.63) is 46.3 Å². The molecule has 3 unspecified atom stereocenters. The topological polar surface area (TPSA) is 49.7 Å². The van der Waals surface area contributed by atoms with E-state index in [1.165, 1.54) is 11.1 Å². The van der Waals surface area contributed by atoms with Crippen molar-refractivity contribution in [3.63, 3.8) is 0 Å². The van der Waals surface area contributed by atoms with Crippen LogP contribution in [0.5, 0.6) is 0 Å². The van der Waals surface area contributed by atoms with Gasteiger partial charge in [-0.2, -0.15) is 0 Å². The molecule has 3 rings (SSSR count). The molecule has 0 aliphatic heterocycles. The molecule has 3 aliphatic carbocycles. The van der Waals surface area contributed by atoms with Crippen molar-refractivity contribution in [1.29, 1.82) is 0 Å². The van der Waals surface area contributed by atoms with E-state index in [4.69, 9.17) is 4.74 Å². The van der Waals surface area contributed by atoms with Gasteiger partial charge in [-0.1, -0.05) is 36.3 Å². The van der Waals surface area contributed by atoms with E-state index >= 15 is 0 Å². The van der Waals surface area contributed by atoms with Gasteiger partial charge in [0.2, 0.25) is 0 Å². The number of rotatable bonds is 3. The zero-order valence-corrected chi connectivity index (χ0v) is 12.8. The van der Waals surface area contributed by atoms with Crippen LogP contribution in [0.2, 0.25) is 0 Å². The van der Waals surface area contributed by atoms with E-state index in [0.717, 1.165) is 36.8 Å². The van der Waals surface area contributed by atoms with E-state index in [1.54, 1.807) is 7.11 Å². The first-order valence-corrected chi connectivity index (χ1v) is 7.79. The Hall–Kier alpha value is -1.32. The van der Waals surface area contributed by atoms with Crippen molar-refractivity contribution in [1.82, 2.24) is 0 Å². The number of aliphatic hydroxyl groups is 2. The monoisotopic (exact) mass is 288 g/mol. The molecule has 0 fully saturated rings. The molecule has 3 atom stereocenters. The van der Waals surface area contributed by atoms with Crippen molar-refractivity contribution >= 4 is 0 Å². The molecule has 3 aliphatic rings. The van der Waals surface area contributed by atoms with Gasteiger partial charge in [-0.05, 0) is 31.3 Å². The molecule has 3 heteroatoms. The summed E-state index contributed by atoms with van der Waals surface area (Å²) in [5.41, 5.74) is 4.84. The van der Waals surface area contributed by atoms with Crippen molar-refractivity contribution in [2.45, 2.75) is 38.7 Å². The van der Waals surface area contributed by atoms with Gasteiger partial charge in [0, 0.05) is 24.5 Å². The van der Waals surface area contributed by atoms with E-state index < -0.39 is 0 Å².